The van der Waals surface area contributed by atoms with Gasteiger partial charge in [-0.3, -0.25) is 0 Å². The van der Waals surface area contributed by atoms with E-state index in [9.17, 15) is 9.90 Å². The van der Waals surface area contributed by atoms with E-state index in [2.05, 4.69) is 15.9 Å². The second-order valence-corrected chi connectivity index (χ2v) is 3.83. The monoisotopic (exact) mass is 266 g/mol. The molecule has 1 heterocycles. The zero-order valence-electron chi connectivity index (χ0n) is 7.61. The maximum Gasteiger partial charge on any atom is 0.339 e. The number of rotatable bonds is 1. The largest absolute Gasteiger partial charge is 0.508 e. The molecule has 1 aromatic heterocycles. The lowest BCUT2D eigenvalue weighted by atomic mass is 10.1. The normalized spacial score (nSPS) is 10.2. The number of benzene rings is 1. The predicted molar refractivity (Wildman–Crippen MR) is 59.8 cm³/mol. The van der Waals surface area contributed by atoms with Gasteiger partial charge in [-0.1, -0.05) is 34.1 Å². The Morgan fingerprint density at radius 1 is 1.20 bits per heavy atom. The summed E-state index contributed by atoms with van der Waals surface area (Å²) in [6.45, 7) is 0. The van der Waals surface area contributed by atoms with Crippen molar-refractivity contribution in [2.24, 2.45) is 0 Å². The number of aromatic hydroxyl groups is 1. The van der Waals surface area contributed by atoms with E-state index < -0.39 is 5.63 Å². The summed E-state index contributed by atoms with van der Waals surface area (Å²) in [4.78, 5) is 11.1. The molecule has 0 atom stereocenters. The van der Waals surface area contributed by atoms with Crippen LogP contribution in [0.5, 0.6) is 5.75 Å². The first-order valence-corrected chi connectivity index (χ1v) is 5.05. The minimum Gasteiger partial charge on any atom is -0.508 e. The smallest absolute Gasteiger partial charge is 0.339 e. The van der Waals surface area contributed by atoms with Gasteiger partial charge in [0.25, 0.3) is 0 Å². The summed E-state index contributed by atoms with van der Waals surface area (Å²) < 4.78 is 5.78. The second kappa shape index (κ2) is 3.90. The molecule has 3 nitrogen and oxygen atoms in total. The predicted octanol–water partition coefficient (Wildman–Crippen LogP) is 2.77. The molecule has 0 spiro atoms. The quantitative estimate of drug-likeness (QED) is 0.864. The van der Waals surface area contributed by atoms with Crippen molar-refractivity contribution in [1.29, 1.82) is 0 Å². The molecule has 0 aliphatic rings. The molecule has 76 valence electrons. The van der Waals surface area contributed by atoms with E-state index in [1.54, 1.807) is 6.07 Å². The molecule has 0 saturated heterocycles. The molecule has 0 aliphatic heterocycles. The highest BCUT2D eigenvalue weighted by molar-refractivity contribution is 9.10. The van der Waals surface area contributed by atoms with Gasteiger partial charge in [-0.15, -0.1) is 0 Å². The van der Waals surface area contributed by atoms with Gasteiger partial charge in [0.05, 0.1) is 6.07 Å². The summed E-state index contributed by atoms with van der Waals surface area (Å²) in [6, 6.07) is 9.74. The van der Waals surface area contributed by atoms with Gasteiger partial charge in [0, 0.05) is 16.1 Å². The summed E-state index contributed by atoms with van der Waals surface area (Å²) in [5.74, 6) is 0.240. The van der Waals surface area contributed by atoms with Crippen LogP contribution < -0.4 is 5.63 Å². The lowest BCUT2D eigenvalue weighted by Gasteiger charge is -2.02. The van der Waals surface area contributed by atoms with Gasteiger partial charge in [-0.25, -0.2) is 4.79 Å². The number of hydrogen-bond donors (Lipinski definition) is 1. The fourth-order valence-electron chi connectivity index (χ4n) is 1.26. The maximum atomic E-state index is 11.1. The van der Waals surface area contributed by atoms with Gasteiger partial charge < -0.3 is 9.52 Å². The van der Waals surface area contributed by atoms with Crippen LogP contribution in [-0.4, -0.2) is 5.11 Å². The molecule has 15 heavy (non-hydrogen) atoms. The molecule has 1 aromatic carbocycles. The van der Waals surface area contributed by atoms with Crippen molar-refractivity contribution in [3.05, 3.63) is 51.3 Å². The van der Waals surface area contributed by atoms with Crippen molar-refractivity contribution in [3.8, 4) is 17.1 Å². The first-order valence-electron chi connectivity index (χ1n) is 4.26. The fraction of sp³-hybridized carbons (Fsp3) is 0. The van der Waals surface area contributed by atoms with Crippen LogP contribution in [0.3, 0.4) is 0 Å². The minimum absolute atomic E-state index is 0.1000. The van der Waals surface area contributed by atoms with Gasteiger partial charge in [0.2, 0.25) is 0 Å². The van der Waals surface area contributed by atoms with Crippen LogP contribution in [0.25, 0.3) is 11.3 Å². The van der Waals surface area contributed by atoms with Crippen molar-refractivity contribution >= 4 is 15.9 Å². The average molecular weight is 267 g/mol. The third kappa shape index (κ3) is 2.10. The van der Waals surface area contributed by atoms with E-state index in [1.807, 2.05) is 18.2 Å². The molecule has 2 aromatic rings. The molecular weight excluding hydrogens is 260 g/mol. The third-order valence-electron chi connectivity index (χ3n) is 1.89. The first kappa shape index (κ1) is 9.98. The Hall–Kier alpha value is -1.55. The second-order valence-electron chi connectivity index (χ2n) is 2.98. The highest BCUT2D eigenvalue weighted by Crippen LogP contribution is 2.28. The molecule has 0 radical (unpaired) electrons. The van der Waals surface area contributed by atoms with Crippen LogP contribution in [0.4, 0.5) is 0 Å². The number of hydrogen-bond acceptors (Lipinski definition) is 3. The first-order chi connectivity index (χ1) is 7.16. The van der Waals surface area contributed by atoms with Crippen molar-refractivity contribution in [3.63, 3.8) is 0 Å². The molecule has 1 N–H and O–H groups in total. The molecule has 0 aliphatic carbocycles. The highest BCUT2D eigenvalue weighted by atomic mass is 79.9. The van der Waals surface area contributed by atoms with Crippen molar-refractivity contribution in [2.75, 3.05) is 0 Å². The van der Waals surface area contributed by atoms with Gasteiger partial charge in [-0.05, 0) is 6.07 Å². The zero-order chi connectivity index (χ0) is 10.8. The highest BCUT2D eigenvalue weighted by Gasteiger charge is 2.06. The molecule has 4 heteroatoms. The molecule has 2 rings (SSSR count). The van der Waals surface area contributed by atoms with Crippen molar-refractivity contribution in [2.45, 2.75) is 0 Å². The fourth-order valence-corrected chi connectivity index (χ4v) is 1.74. The van der Waals surface area contributed by atoms with Crippen LogP contribution in [0.1, 0.15) is 0 Å². The van der Waals surface area contributed by atoms with Crippen LogP contribution in [0.2, 0.25) is 0 Å². The average Bonchev–Trinajstić information content (AvgIpc) is 2.16. The van der Waals surface area contributed by atoms with Gasteiger partial charge in [0.1, 0.15) is 11.5 Å². The summed E-state index contributed by atoms with van der Waals surface area (Å²) in [6.07, 6.45) is 0. The Morgan fingerprint density at radius 3 is 2.60 bits per heavy atom. The van der Waals surface area contributed by atoms with E-state index >= 15 is 0 Å². The Morgan fingerprint density at radius 2 is 1.93 bits per heavy atom. The third-order valence-corrected chi connectivity index (χ3v) is 2.59. The minimum atomic E-state index is -0.569. The van der Waals surface area contributed by atoms with E-state index in [4.69, 9.17) is 4.42 Å². The van der Waals surface area contributed by atoms with Crippen molar-refractivity contribution in [1.82, 2.24) is 0 Å². The van der Waals surface area contributed by atoms with Gasteiger partial charge >= 0.3 is 5.63 Å². The number of halogens is 1. The molecule has 0 unspecified atom stereocenters. The van der Waals surface area contributed by atoms with Crippen molar-refractivity contribution < 1.29 is 9.52 Å². The summed E-state index contributed by atoms with van der Waals surface area (Å²) in [7, 11) is 0. The topological polar surface area (TPSA) is 50.4 Å². The molecular formula is C11H7BrO3. The Kier molecular flexibility index (Phi) is 2.60. The van der Waals surface area contributed by atoms with Crippen LogP contribution in [0.15, 0.2) is 50.1 Å². The van der Waals surface area contributed by atoms with Crippen LogP contribution in [0, 0.1) is 0 Å². The molecule has 0 saturated carbocycles. The molecule has 0 bridgehead atoms. The maximum absolute atomic E-state index is 11.1. The molecule has 0 fully saturated rings. The molecule has 0 amide bonds. The summed E-state index contributed by atoms with van der Waals surface area (Å²) in [5, 5.41) is 9.27. The lowest BCUT2D eigenvalue weighted by Crippen LogP contribution is -1.96. The zero-order valence-corrected chi connectivity index (χ0v) is 9.19. The van der Waals surface area contributed by atoms with E-state index in [-0.39, 0.29) is 5.75 Å². The SMILES string of the molecule is O=c1cc(O)cc(-c2ccccc2Br)o1. The van der Waals surface area contributed by atoms with E-state index in [0.29, 0.717) is 5.76 Å². The van der Waals surface area contributed by atoms with Crippen LogP contribution >= 0.6 is 15.9 Å². The summed E-state index contributed by atoms with van der Waals surface area (Å²) in [5.41, 5.74) is 0.159. The Balaban J connectivity index is 2.64. The van der Waals surface area contributed by atoms with Gasteiger partial charge in [-0.2, -0.15) is 0 Å². The summed E-state index contributed by atoms with van der Waals surface area (Å²) >= 11 is 3.34. The lowest BCUT2D eigenvalue weighted by molar-refractivity contribution is 0.452. The Bertz CT molecular complexity index is 546. The Labute approximate surface area is 94.1 Å². The standard InChI is InChI=1S/C11H7BrO3/c12-9-4-2-1-3-8(9)10-5-7(13)6-11(14)15-10/h1-6,13H. The van der Waals surface area contributed by atoms with E-state index in [0.717, 1.165) is 16.1 Å². The van der Waals surface area contributed by atoms with E-state index in [1.165, 1.54) is 6.07 Å². The van der Waals surface area contributed by atoms with Gasteiger partial charge in [0.15, 0.2) is 0 Å². The van der Waals surface area contributed by atoms with Crippen LogP contribution in [-0.2, 0) is 0 Å².